The van der Waals surface area contributed by atoms with E-state index in [0.717, 1.165) is 6.54 Å². The maximum absolute atomic E-state index is 12.7. The number of ether oxygens (including phenoxy) is 1. The van der Waals surface area contributed by atoms with Gasteiger partial charge in [0, 0.05) is 48.7 Å². The van der Waals surface area contributed by atoms with Crippen LogP contribution in [0.5, 0.6) is 5.75 Å². The minimum atomic E-state index is -0.987. The van der Waals surface area contributed by atoms with Gasteiger partial charge in [-0.1, -0.05) is 0 Å². The van der Waals surface area contributed by atoms with E-state index in [4.69, 9.17) is 10.5 Å². The van der Waals surface area contributed by atoms with Gasteiger partial charge in [-0.15, -0.1) is 0 Å². The Kier molecular flexibility index (Phi) is 3.52. The number of carbonyl (C=O) groups excluding carboxylic acids is 2. The molecule has 134 valence electrons. The zero-order valence-corrected chi connectivity index (χ0v) is 14.3. The Bertz CT molecular complexity index is 767. The molecule has 2 bridgehead atoms. The molecule has 4 N–H and O–H groups in total. The lowest BCUT2D eigenvalue weighted by atomic mass is 9.63. The highest BCUT2D eigenvalue weighted by Crippen LogP contribution is 2.54. The molecule has 2 saturated heterocycles. The fourth-order valence-electron chi connectivity index (χ4n) is 4.63. The number of hydrogen-bond donors (Lipinski definition) is 3. The summed E-state index contributed by atoms with van der Waals surface area (Å²) in [4.78, 5) is 31.3. The summed E-state index contributed by atoms with van der Waals surface area (Å²) in [7, 11) is 2.00. The molecule has 1 aromatic rings. The molecule has 1 aromatic heterocycles. The Morgan fingerprint density at radius 3 is 3.04 bits per heavy atom. The number of hydrogen-bond acceptors (Lipinski definition) is 6. The SMILES string of the molecule is Cc1ncc(CO)c2c1OC13CCN(C)CC1C2C(C(N)=O)C(=O)N3. The number of fused-ring (bicyclic) bond motifs is 2. The average molecular weight is 346 g/mol. The molecule has 25 heavy (non-hydrogen) atoms. The van der Waals surface area contributed by atoms with Gasteiger partial charge in [0.2, 0.25) is 11.8 Å². The zero-order chi connectivity index (χ0) is 17.9. The molecule has 3 aliphatic rings. The summed E-state index contributed by atoms with van der Waals surface area (Å²) in [5.41, 5.74) is 6.70. The van der Waals surface area contributed by atoms with Gasteiger partial charge in [0.1, 0.15) is 11.7 Å². The van der Waals surface area contributed by atoms with Crippen LogP contribution in [0.15, 0.2) is 6.20 Å². The number of piperidine rings is 2. The number of aromatic nitrogens is 1. The number of primary amides is 1. The Labute approximate surface area is 145 Å². The lowest BCUT2D eigenvalue weighted by molar-refractivity contribution is -0.164. The summed E-state index contributed by atoms with van der Waals surface area (Å²) in [6.07, 6.45) is 2.20. The van der Waals surface area contributed by atoms with Crippen LogP contribution in [0.4, 0.5) is 0 Å². The average Bonchev–Trinajstić information content (AvgIpc) is 2.55. The van der Waals surface area contributed by atoms with Crippen LogP contribution < -0.4 is 15.8 Å². The van der Waals surface area contributed by atoms with Gasteiger partial charge in [-0.05, 0) is 14.0 Å². The number of nitrogens with one attached hydrogen (secondary N) is 1. The van der Waals surface area contributed by atoms with Crippen molar-refractivity contribution in [1.82, 2.24) is 15.2 Å². The van der Waals surface area contributed by atoms with Crippen molar-refractivity contribution in [2.45, 2.75) is 31.6 Å². The van der Waals surface area contributed by atoms with Gasteiger partial charge in [-0.25, -0.2) is 0 Å². The molecule has 0 radical (unpaired) electrons. The minimum Gasteiger partial charge on any atom is -0.465 e. The van der Waals surface area contributed by atoms with Crippen LogP contribution in [0.2, 0.25) is 0 Å². The highest BCUT2D eigenvalue weighted by atomic mass is 16.5. The number of nitrogens with zero attached hydrogens (tertiary/aromatic N) is 2. The molecule has 0 spiro atoms. The second kappa shape index (κ2) is 5.40. The number of likely N-dealkylation sites (tertiary alicyclic amines) is 1. The Balaban J connectivity index is 1.98. The van der Waals surface area contributed by atoms with Gasteiger partial charge in [-0.2, -0.15) is 0 Å². The summed E-state index contributed by atoms with van der Waals surface area (Å²) in [5, 5.41) is 12.7. The van der Waals surface area contributed by atoms with Crippen molar-refractivity contribution in [3.05, 3.63) is 23.0 Å². The first kappa shape index (κ1) is 16.3. The van der Waals surface area contributed by atoms with E-state index in [0.29, 0.717) is 35.5 Å². The predicted octanol–water partition coefficient (Wildman–Crippen LogP) is -0.762. The number of aliphatic hydroxyl groups excluding tert-OH is 1. The first-order chi connectivity index (χ1) is 11.9. The van der Waals surface area contributed by atoms with Crippen LogP contribution in [0.25, 0.3) is 0 Å². The third-order valence-electron chi connectivity index (χ3n) is 5.81. The van der Waals surface area contributed by atoms with Crippen molar-refractivity contribution in [3.8, 4) is 5.75 Å². The lowest BCUT2D eigenvalue weighted by Crippen LogP contribution is -2.73. The number of aliphatic hydroxyl groups is 1. The van der Waals surface area contributed by atoms with Crippen LogP contribution in [0.3, 0.4) is 0 Å². The maximum atomic E-state index is 12.7. The molecule has 0 aromatic carbocycles. The van der Waals surface area contributed by atoms with Gasteiger partial charge < -0.3 is 25.8 Å². The van der Waals surface area contributed by atoms with E-state index < -0.39 is 29.4 Å². The largest absolute Gasteiger partial charge is 0.465 e. The normalized spacial score (nSPS) is 33.7. The second-order valence-electron chi connectivity index (χ2n) is 7.28. The first-order valence-corrected chi connectivity index (χ1v) is 8.46. The van der Waals surface area contributed by atoms with Crippen LogP contribution in [-0.2, 0) is 16.2 Å². The van der Waals surface area contributed by atoms with E-state index in [2.05, 4.69) is 15.2 Å². The van der Waals surface area contributed by atoms with Crippen LogP contribution in [0.1, 0.15) is 29.2 Å². The Hall–Kier alpha value is -2.19. The Morgan fingerprint density at radius 1 is 1.60 bits per heavy atom. The van der Waals surface area contributed by atoms with Crippen molar-refractivity contribution in [1.29, 1.82) is 0 Å². The fourth-order valence-corrected chi connectivity index (χ4v) is 4.63. The van der Waals surface area contributed by atoms with Crippen LogP contribution in [-0.4, -0.2) is 52.7 Å². The molecular weight excluding hydrogens is 324 g/mol. The quantitative estimate of drug-likeness (QED) is 0.606. The molecule has 0 aliphatic carbocycles. The maximum Gasteiger partial charge on any atom is 0.236 e. The number of carbonyl (C=O) groups is 2. The van der Waals surface area contributed by atoms with Crippen molar-refractivity contribution >= 4 is 11.8 Å². The van der Waals surface area contributed by atoms with E-state index in [1.165, 1.54) is 0 Å². The molecule has 8 heteroatoms. The molecular formula is C17H22N4O4. The molecule has 0 saturated carbocycles. The number of aryl methyl sites for hydroxylation is 1. The fraction of sp³-hybridized carbons (Fsp3) is 0.588. The van der Waals surface area contributed by atoms with Crippen LogP contribution in [0, 0.1) is 18.8 Å². The van der Waals surface area contributed by atoms with Crippen molar-refractivity contribution in [2.75, 3.05) is 20.1 Å². The predicted molar refractivity (Wildman–Crippen MR) is 87.4 cm³/mol. The summed E-state index contributed by atoms with van der Waals surface area (Å²) in [6.45, 7) is 3.02. The zero-order valence-electron chi connectivity index (χ0n) is 14.3. The van der Waals surface area contributed by atoms with Gasteiger partial charge in [0.15, 0.2) is 5.72 Å². The van der Waals surface area contributed by atoms with Crippen LogP contribution >= 0.6 is 0 Å². The molecule has 3 aliphatic heterocycles. The summed E-state index contributed by atoms with van der Waals surface area (Å²) in [5.74, 6) is -2.04. The van der Waals surface area contributed by atoms with Crippen molar-refractivity contribution < 1.29 is 19.4 Å². The van der Waals surface area contributed by atoms with Gasteiger partial charge >= 0.3 is 0 Å². The number of pyridine rings is 1. The number of amides is 2. The van der Waals surface area contributed by atoms with Gasteiger partial charge in [0.05, 0.1) is 12.3 Å². The van der Waals surface area contributed by atoms with E-state index in [1.54, 1.807) is 6.20 Å². The standard InChI is InChI=1S/C17H22N4O4/c1-8-14-11(9(7-22)5-19-8)12-10-6-21(2)4-3-17(10,25-14)20-16(24)13(12)15(18)23/h5,10,12-13,22H,3-4,6-7H2,1-2H3,(H2,18,23)(H,20,24). The van der Waals surface area contributed by atoms with E-state index >= 15 is 0 Å². The van der Waals surface area contributed by atoms with Gasteiger partial charge in [-0.3, -0.25) is 14.6 Å². The second-order valence-corrected chi connectivity index (χ2v) is 7.28. The monoisotopic (exact) mass is 346 g/mol. The van der Waals surface area contributed by atoms with E-state index in [1.807, 2.05) is 14.0 Å². The number of rotatable bonds is 2. The first-order valence-electron chi connectivity index (χ1n) is 8.46. The topological polar surface area (TPSA) is 118 Å². The molecule has 4 heterocycles. The summed E-state index contributed by atoms with van der Waals surface area (Å²) < 4.78 is 6.33. The summed E-state index contributed by atoms with van der Waals surface area (Å²) >= 11 is 0. The van der Waals surface area contributed by atoms with Gasteiger partial charge in [0.25, 0.3) is 0 Å². The van der Waals surface area contributed by atoms with Crippen molar-refractivity contribution in [3.63, 3.8) is 0 Å². The molecule has 8 nitrogen and oxygen atoms in total. The minimum absolute atomic E-state index is 0.124. The third kappa shape index (κ3) is 2.17. The lowest BCUT2D eigenvalue weighted by Gasteiger charge is -2.57. The third-order valence-corrected chi connectivity index (χ3v) is 5.81. The van der Waals surface area contributed by atoms with E-state index in [-0.39, 0.29) is 12.5 Å². The smallest absolute Gasteiger partial charge is 0.236 e. The summed E-state index contributed by atoms with van der Waals surface area (Å²) in [6, 6.07) is 0. The molecule has 4 rings (SSSR count). The molecule has 2 fully saturated rings. The Morgan fingerprint density at radius 2 is 2.36 bits per heavy atom. The molecule has 4 unspecified atom stereocenters. The van der Waals surface area contributed by atoms with E-state index in [9.17, 15) is 14.7 Å². The highest BCUT2D eigenvalue weighted by Gasteiger charge is 2.62. The molecule has 4 atom stereocenters. The number of nitrogens with two attached hydrogens (primary N) is 1. The molecule has 2 amide bonds. The van der Waals surface area contributed by atoms with Crippen molar-refractivity contribution in [2.24, 2.45) is 17.6 Å². The highest BCUT2D eigenvalue weighted by molar-refractivity contribution is 6.02.